The highest BCUT2D eigenvalue weighted by Gasteiger charge is 2.29. The van der Waals surface area contributed by atoms with Crippen LogP contribution in [0.5, 0.6) is 0 Å². The molecular weight excluding hydrogens is 286 g/mol. The second-order valence-corrected chi connectivity index (χ2v) is 4.91. The van der Waals surface area contributed by atoms with Crippen molar-refractivity contribution in [3.8, 4) is 0 Å². The van der Waals surface area contributed by atoms with E-state index >= 15 is 0 Å². The number of aliphatic imine (C=N–C) groups is 1. The highest BCUT2D eigenvalue weighted by molar-refractivity contribution is 6.43. The average Bonchev–Trinajstić information content (AvgIpc) is 2.94. The van der Waals surface area contributed by atoms with E-state index in [1.54, 1.807) is 44.2 Å². The lowest BCUT2D eigenvalue weighted by molar-refractivity contribution is -0.141. The minimum absolute atomic E-state index is 0.0284. The molecule has 112 valence electrons. The number of fused-ring (bicyclic) bond motifs is 1. The van der Waals surface area contributed by atoms with Gasteiger partial charge in [-0.05, 0) is 18.6 Å². The van der Waals surface area contributed by atoms with E-state index in [4.69, 9.17) is 9.15 Å². The first-order valence-electron chi connectivity index (χ1n) is 6.74. The van der Waals surface area contributed by atoms with Crippen LogP contribution in [-0.2, 0) is 14.3 Å². The number of aromatic nitrogens is 2. The van der Waals surface area contributed by atoms with Gasteiger partial charge in [-0.1, -0.05) is 24.3 Å². The first kappa shape index (κ1) is 14.1. The molecule has 0 N–H and O–H groups in total. The van der Waals surface area contributed by atoms with Crippen LogP contribution >= 0.6 is 0 Å². The molecule has 1 aliphatic heterocycles. The van der Waals surface area contributed by atoms with Crippen LogP contribution in [-0.4, -0.2) is 27.8 Å². The highest BCUT2D eigenvalue weighted by Crippen LogP contribution is 2.24. The second-order valence-electron chi connectivity index (χ2n) is 4.91. The Morgan fingerprint density at radius 1 is 1.36 bits per heavy atom. The van der Waals surface area contributed by atoms with Gasteiger partial charge in [0.05, 0.1) is 5.92 Å². The van der Waals surface area contributed by atoms with Gasteiger partial charge in [0, 0.05) is 6.92 Å². The van der Waals surface area contributed by atoms with E-state index in [0.29, 0.717) is 5.89 Å². The summed E-state index contributed by atoms with van der Waals surface area (Å²) < 4.78 is 10.4. The molecule has 7 nitrogen and oxygen atoms in total. The van der Waals surface area contributed by atoms with Gasteiger partial charge in [0.25, 0.3) is 11.8 Å². The van der Waals surface area contributed by atoms with Crippen LogP contribution in [0, 0.1) is 12.8 Å². The number of amides is 1. The summed E-state index contributed by atoms with van der Waals surface area (Å²) in [4.78, 5) is 27.9. The third kappa shape index (κ3) is 2.65. The molecule has 0 saturated carbocycles. The van der Waals surface area contributed by atoms with Gasteiger partial charge in [-0.3, -0.25) is 4.79 Å². The molecule has 22 heavy (non-hydrogen) atoms. The number of carbonyl (C=O) groups excluding carboxylic acids is 2. The molecule has 3 rings (SSSR count). The monoisotopic (exact) mass is 299 g/mol. The third-order valence-electron chi connectivity index (χ3n) is 3.24. The van der Waals surface area contributed by atoms with Crippen LogP contribution in [0.25, 0.3) is 0 Å². The SMILES string of the molecule is Cc1nnc(C(C)OC(=O)C2=NC(=O)C3C=CC=CC3=C2)o1. The van der Waals surface area contributed by atoms with Crippen molar-refractivity contribution >= 4 is 17.6 Å². The maximum Gasteiger partial charge on any atom is 0.357 e. The van der Waals surface area contributed by atoms with Gasteiger partial charge in [0.1, 0.15) is 0 Å². The molecule has 2 atom stereocenters. The van der Waals surface area contributed by atoms with Crippen LogP contribution in [0.3, 0.4) is 0 Å². The van der Waals surface area contributed by atoms with E-state index in [0.717, 1.165) is 5.57 Å². The molecule has 1 amide bonds. The first-order valence-corrected chi connectivity index (χ1v) is 6.74. The topological polar surface area (TPSA) is 94.6 Å². The van der Waals surface area contributed by atoms with Crippen molar-refractivity contribution in [2.45, 2.75) is 20.0 Å². The van der Waals surface area contributed by atoms with Gasteiger partial charge < -0.3 is 9.15 Å². The number of carbonyl (C=O) groups is 2. The summed E-state index contributed by atoms with van der Waals surface area (Å²) in [5.74, 6) is -0.929. The second kappa shape index (κ2) is 5.51. The number of esters is 1. The molecule has 0 saturated heterocycles. The van der Waals surface area contributed by atoms with E-state index in [2.05, 4.69) is 15.2 Å². The maximum absolute atomic E-state index is 12.1. The molecule has 1 aliphatic carbocycles. The molecule has 0 spiro atoms. The zero-order valence-corrected chi connectivity index (χ0v) is 12.0. The fourth-order valence-corrected chi connectivity index (χ4v) is 2.15. The molecule has 2 heterocycles. The van der Waals surface area contributed by atoms with Gasteiger partial charge in [0.2, 0.25) is 5.89 Å². The summed E-state index contributed by atoms with van der Waals surface area (Å²) in [6.45, 7) is 3.25. The number of ether oxygens (including phenoxy) is 1. The van der Waals surface area contributed by atoms with Crippen molar-refractivity contribution in [3.05, 3.63) is 47.7 Å². The molecule has 7 heteroatoms. The summed E-state index contributed by atoms with van der Waals surface area (Å²) in [5.41, 5.74) is 0.690. The van der Waals surface area contributed by atoms with Crippen LogP contribution in [0.1, 0.15) is 24.8 Å². The van der Waals surface area contributed by atoms with Crippen molar-refractivity contribution in [2.75, 3.05) is 0 Å². The third-order valence-corrected chi connectivity index (χ3v) is 3.24. The van der Waals surface area contributed by atoms with Gasteiger partial charge in [-0.2, -0.15) is 0 Å². The molecule has 1 aromatic rings. The number of dihydropyridines is 1. The Kier molecular flexibility index (Phi) is 3.54. The fraction of sp³-hybridized carbons (Fsp3) is 0.267. The number of hydrogen-bond donors (Lipinski definition) is 0. The van der Waals surface area contributed by atoms with Crippen molar-refractivity contribution in [3.63, 3.8) is 0 Å². The summed E-state index contributed by atoms with van der Waals surface area (Å²) in [6, 6.07) is 0. The standard InChI is InChI=1S/C15H13N3O4/c1-8(14-18-17-9(2)22-14)21-15(20)12-7-10-5-3-4-6-11(10)13(19)16-12/h3-8,11H,1-2H3. The average molecular weight is 299 g/mol. The number of nitrogens with zero attached hydrogens (tertiary/aromatic N) is 3. The largest absolute Gasteiger partial charge is 0.448 e. The predicted octanol–water partition coefficient (Wildman–Crippen LogP) is 1.63. The van der Waals surface area contributed by atoms with Crippen molar-refractivity contribution in [1.82, 2.24) is 10.2 Å². The van der Waals surface area contributed by atoms with E-state index in [1.807, 2.05) is 0 Å². The first-order chi connectivity index (χ1) is 10.5. The Morgan fingerprint density at radius 2 is 2.18 bits per heavy atom. The molecule has 0 fully saturated rings. The summed E-state index contributed by atoms with van der Waals surface area (Å²) >= 11 is 0. The Hall–Kier alpha value is -2.83. The molecule has 2 aliphatic rings. The Bertz CT molecular complexity index is 755. The van der Waals surface area contributed by atoms with Crippen molar-refractivity contribution in [1.29, 1.82) is 0 Å². The lowest BCUT2D eigenvalue weighted by atomic mass is 9.91. The molecule has 2 unspecified atom stereocenters. The predicted molar refractivity (Wildman–Crippen MR) is 75.8 cm³/mol. The number of aryl methyl sites for hydroxylation is 1. The Balaban J connectivity index is 1.75. The van der Waals surface area contributed by atoms with Crippen molar-refractivity contribution in [2.24, 2.45) is 10.9 Å². The van der Waals surface area contributed by atoms with E-state index in [-0.39, 0.29) is 17.5 Å². The molecule has 0 bridgehead atoms. The number of rotatable bonds is 3. The summed E-state index contributed by atoms with van der Waals surface area (Å²) in [6.07, 6.45) is 7.93. The summed E-state index contributed by atoms with van der Waals surface area (Å²) in [7, 11) is 0. The van der Waals surface area contributed by atoms with E-state index in [9.17, 15) is 9.59 Å². The Labute approximate surface area is 126 Å². The fourth-order valence-electron chi connectivity index (χ4n) is 2.15. The molecule has 1 aromatic heterocycles. The van der Waals surface area contributed by atoms with E-state index < -0.39 is 18.0 Å². The van der Waals surface area contributed by atoms with Crippen LogP contribution in [0.15, 0.2) is 45.4 Å². The zero-order chi connectivity index (χ0) is 15.7. The van der Waals surface area contributed by atoms with Crippen molar-refractivity contribution < 1.29 is 18.7 Å². The molecule has 0 aromatic carbocycles. The maximum atomic E-state index is 12.1. The lowest BCUT2D eigenvalue weighted by Gasteiger charge is -2.18. The highest BCUT2D eigenvalue weighted by atomic mass is 16.6. The zero-order valence-electron chi connectivity index (χ0n) is 12.0. The smallest absolute Gasteiger partial charge is 0.357 e. The minimum atomic E-state index is -0.718. The van der Waals surface area contributed by atoms with Crippen LogP contribution < -0.4 is 0 Å². The summed E-state index contributed by atoms with van der Waals surface area (Å²) in [5, 5.41) is 7.46. The van der Waals surface area contributed by atoms with E-state index in [1.165, 1.54) is 0 Å². The normalized spacial score (nSPS) is 21.0. The molecule has 0 radical (unpaired) electrons. The van der Waals surface area contributed by atoms with Gasteiger partial charge in [0.15, 0.2) is 11.8 Å². The van der Waals surface area contributed by atoms with Crippen LogP contribution in [0.4, 0.5) is 0 Å². The quantitative estimate of drug-likeness (QED) is 0.787. The number of allylic oxidation sites excluding steroid dienone is 3. The Morgan fingerprint density at radius 3 is 2.91 bits per heavy atom. The number of hydrogen-bond acceptors (Lipinski definition) is 6. The lowest BCUT2D eigenvalue weighted by Crippen LogP contribution is -2.26. The minimum Gasteiger partial charge on any atom is -0.448 e. The molecular formula is C15H13N3O4. The van der Waals surface area contributed by atoms with Gasteiger partial charge in [-0.15, -0.1) is 10.2 Å². The van der Waals surface area contributed by atoms with Gasteiger partial charge >= 0.3 is 5.97 Å². The van der Waals surface area contributed by atoms with Gasteiger partial charge in [-0.25, -0.2) is 9.79 Å². The van der Waals surface area contributed by atoms with Crippen LogP contribution in [0.2, 0.25) is 0 Å².